The number of halogens is 2. The van der Waals surface area contributed by atoms with Crippen molar-refractivity contribution in [2.45, 2.75) is 0 Å². The van der Waals surface area contributed by atoms with Crippen LogP contribution in [0.5, 0.6) is 5.88 Å². The van der Waals surface area contributed by atoms with Crippen molar-refractivity contribution in [2.75, 3.05) is 12.5 Å². The summed E-state index contributed by atoms with van der Waals surface area (Å²) in [7, 11) is 1.30. The van der Waals surface area contributed by atoms with Gasteiger partial charge < -0.3 is 4.74 Å². The van der Waals surface area contributed by atoms with Crippen molar-refractivity contribution in [3.8, 4) is 5.88 Å². The van der Waals surface area contributed by atoms with Gasteiger partial charge in [0.05, 0.1) is 19.0 Å². The number of anilines is 1. The second kappa shape index (κ2) is 5.96. The number of nitrogens with one attached hydrogen (secondary N) is 2. The number of carbonyl (C=O) groups is 1. The summed E-state index contributed by atoms with van der Waals surface area (Å²) in [5.41, 5.74) is 5.15. The van der Waals surface area contributed by atoms with Crippen LogP contribution in [0.2, 0.25) is 0 Å². The molecule has 0 fully saturated rings. The van der Waals surface area contributed by atoms with Crippen LogP contribution in [0.25, 0.3) is 0 Å². The van der Waals surface area contributed by atoms with Crippen LogP contribution in [0.15, 0.2) is 36.5 Å². The Morgan fingerprint density at radius 3 is 2.75 bits per heavy atom. The van der Waals surface area contributed by atoms with Crippen LogP contribution < -0.4 is 15.6 Å². The number of aromatic nitrogens is 1. The lowest BCUT2D eigenvalue weighted by Gasteiger charge is -2.09. The van der Waals surface area contributed by atoms with E-state index in [0.717, 1.165) is 12.1 Å². The first kappa shape index (κ1) is 13.7. The summed E-state index contributed by atoms with van der Waals surface area (Å²) in [5, 5.41) is 0. The van der Waals surface area contributed by atoms with Gasteiger partial charge in [-0.15, -0.1) is 0 Å². The number of hydrogen-bond donors (Lipinski definition) is 2. The van der Waals surface area contributed by atoms with E-state index in [1.54, 1.807) is 0 Å². The molecular formula is C13H11F2N3O2. The van der Waals surface area contributed by atoms with Crippen molar-refractivity contribution in [3.05, 3.63) is 53.7 Å². The van der Waals surface area contributed by atoms with Gasteiger partial charge in [-0.25, -0.2) is 13.8 Å². The van der Waals surface area contributed by atoms with Gasteiger partial charge in [0.2, 0.25) is 5.88 Å². The smallest absolute Gasteiger partial charge is 0.269 e. The molecule has 1 aromatic carbocycles. The summed E-state index contributed by atoms with van der Waals surface area (Å²) >= 11 is 0. The van der Waals surface area contributed by atoms with E-state index in [4.69, 9.17) is 0 Å². The molecule has 7 heteroatoms. The Bertz CT molecular complexity index is 635. The Balaban J connectivity index is 2.02. The largest absolute Gasteiger partial charge is 0.479 e. The number of carbonyl (C=O) groups excluding carboxylic acids is 1. The van der Waals surface area contributed by atoms with Crippen LogP contribution in [-0.2, 0) is 0 Å². The van der Waals surface area contributed by atoms with E-state index >= 15 is 0 Å². The van der Waals surface area contributed by atoms with E-state index in [-0.39, 0.29) is 17.1 Å². The lowest BCUT2D eigenvalue weighted by atomic mass is 10.2. The topological polar surface area (TPSA) is 63.2 Å². The van der Waals surface area contributed by atoms with Crippen LogP contribution in [0.3, 0.4) is 0 Å². The number of ether oxygens (including phenoxy) is 1. The molecule has 2 rings (SSSR count). The average molecular weight is 279 g/mol. The molecule has 104 valence electrons. The van der Waals surface area contributed by atoms with Gasteiger partial charge in [0, 0.05) is 11.6 Å². The van der Waals surface area contributed by atoms with Crippen molar-refractivity contribution < 1.29 is 18.3 Å². The molecule has 1 aromatic heterocycles. The van der Waals surface area contributed by atoms with E-state index in [9.17, 15) is 13.6 Å². The van der Waals surface area contributed by atoms with Crippen LogP contribution in [0.4, 0.5) is 14.5 Å². The number of methoxy groups -OCH3 is 1. The van der Waals surface area contributed by atoms with E-state index < -0.39 is 17.5 Å². The normalized spacial score (nSPS) is 9.95. The van der Waals surface area contributed by atoms with Crippen molar-refractivity contribution in [1.29, 1.82) is 0 Å². The van der Waals surface area contributed by atoms with Crippen LogP contribution >= 0.6 is 0 Å². The zero-order valence-corrected chi connectivity index (χ0v) is 10.5. The average Bonchev–Trinajstić information content (AvgIpc) is 2.45. The Labute approximate surface area is 113 Å². The highest BCUT2D eigenvalue weighted by Crippen LogP contribution is 2.16. The first-order valence-corrected chi connectivity index (χ1v) is 5.61. The van der Waals surface area contributed by atoms with Gasteiger partial charge in [0.1, 0.15) is 5.82 Å². The van der Waals surface area contributed by atoms with Gasteiger partial charge >= 0.3 is 0 Å². The number of hydrogen-bond acceptors (Lipinski definition) is 4. The molecule has 20 heavy (non-hydrogen) atoms. The summed E-state index contributed by atoms with van der Waals surface area (Å²) in [6, 6.07) is 6.29. The third-order valence-electron chi connectivity index (χ3n) is 2.41. The molecule has 0 bridgehead atoms. The molecule has 1 amide bonds. The molecular weight excluding hydrogens is 268 g/mol. The molecule has 2 aromatic rings. The van der Waals surface area contributed by atoms with E-state index in [2.05, 4.69) is 20.6 Å². The first-order valence-electron chi connectivity index (χ1n) is 5.61. The summed E-state index contributed by atoms with van der Waals surface area (Å²) in [6.45, 7) is 0. The van der Waals surface area contributed by atoms with Crippen LogP contribution in [0.1, 0.15) is 10.4 Å². The minimum Gasteiger partial charge on any atom is -0.479 e. The Morgan fingerprint density at radius 1 is 1.30 bits per heavy atom. The van der Waals surface area contributed by atoms with E-state index in [0.29, 0.717) is 0 Å². The highest BCUT2D eigenvalue weighted by atomic mass is 19.1. The molecule has 0 saturated carbocycles. The van der Waals surface area contributed by atoms with Gasteiger partial charge in [0.15, 0.2) is 5.82 Å². The molecule has 0 radical (unpaired) electrons. The number of pyridine rings is 1. The van der Waals surface area contributed by atoms with E-state index in [1.807, 2.05) is 0 Å². The van der Waals surface area contributed by atoms with Crippen molar-refractivity contribution in [2.24, 2.45) is 0 Å². The molecule has 0 aliphatic rings. The summed E-state index contributed by atoms with van der Waals surface area (Å²) in [4.78, 5) is 15.4. The predicted octanol–water partition coefficient (Wildman–Crippen LogP) is 2.13. The van der Waals surface area contributed by atoms with Gasteiger partial charge in [-0.3, -0.25) is 15.6 Å². The molecule has 0 aliphatic carbocycles. The fourth-order valence-electron chi connectivity index (χ4n) is 1.47. The predicted molar refractivity (Wildman–Crippen MR) is 68.2 cm³/mol. The van der Waals surface area contributed by atoms with Crippen molar-refractivity contribution in [3.63, 3.8) is 0 Å². The minimum atomic E-state index is -0.669. The molecule has 0 aliphatic heterocycles. The number of rotatable bonds is 4. The number of benzene rings is 1. The highest BCUT2D eigenvalue weighted by molar-refractivity contribution is 5.94. The fraction of sp³-hybridized carbons (Fsp3) is 0.0769. The third kappa shape index (κ3) is 3.19. The summed E-state index contributed by atoms with van der Waals surface area (Å²) in [6.07, 6.45) is 1.29. The van der Waals surface area contributed by atoms with Gasteiger partial charge in [-0.05, 0) is 18.2 Å². The lowest BCUT2D eigenvalue weighted by molar-refractivity contribution is 0.0962. The van der Waals surface area contributed by atoms with Gasteiger partial charge in [0.25, 0.3) is 5.91 Å². The van der Waals surface area contributed by atoms with Gasteiger partial charge in [-0.2, -0.15) is 0 Å². The molecule has 0 saturated heterocycles. The van der Waals surface area contributed by atoms with E-state index in [1.165, 1.54) is 31.5 Å². The van der Waals surface area contributed by atoms with Crippen molar-refractivity contribution in [1.82, 2.24) is 10.4 Å². The quantitative estimate of drug-likeness (QED) is 0.842. The number of hydrazine groups is 1. The maximum absolute atomic E-state index is 13.4. The molecule has 0 atom stereocenters. The Morgan fingerprint density at radius 2 is 2.10 bits per heavy atom. The Kier molecular flexibility index (Phi) is 4.09. The monoisotopic (exact) mass is 279 g/mol. The third-order valence-corrected chi connectivity index (χ3v) is 2.41. The maximum Gasteiger partial charge on any atom is 0.269 e. The lowest BCUT2D eigenvalue weighted by Crippen LogP contribution is -2.29. The zero-order valence-electron chi connectivity index (χ0n) is 10.5. The van der Waals surface area contributed by atoms with Crippen LogP contribution in [-0.4, -0.2) is 18.0 Å². The maximum atomic E-state index is 13.4. The SMILES string of the molecule is COc1ncc(NNC(=O)c2cccc(F)c2)cc1F. The zero-order chi connectivity index (χ0) is 14.5. The Hall–Kier alpha value is -2.70. The van der Waals surface area contributed by atoms with Gasteiger partial charge in [-0.1, -0.05) is 6.07 Å². The number of nitrogens with zero attached hydrogens (tertiary/aromatic N) is 1. The molecule has 1 heterocycles. The number of amides is 1. The second-order valence-electron chi connectivity index (χ2n) is 3.80. The first-order chi connectivity index (χ1) is 9.60. The molecule has 2 N–H and O–H groups in total. The summed E-state index contributed by atoms with van der Waals surface area (Å²) in [5.74, 6) is -1.89. The molecule has 0 unspecified atom stereocenters. The fourth-order valence-corrected chi connectivity index (χ4v) is 1.47. The minimum absolute atomic E-state index is 0.138. The van der Waals surface area contributed by atoms with Crippen molar-refractivity contribution >= 4 is 11.6 Å². The van der Waals surface area contributed by atoms with Crippen LogP contribution in [0, 0.1) is 11.6 Å². The highest BCUT2D eigenvalue weighted by Gasteiger charge is 2.08. The molecule has 5 nitrogen and oxygen atoms in total. The standard InChI is InChI=1S/C13H11F2N3O2/c1-20-13-11(15)6-10(7-16-13)17-18-12(19)8-3-2-4-9(14)5-8/h2-7,17H,1H3,(H,18,19). The second-order valence-corrected chi connectivity index (χ2v) is 3.80. The molecule has 0 spiro atoms. The summed E-state index contributed by atoms with van der Waals surface area (Å²) < 4.78 is 31.0.